The zero-order valence-corrected chi connectivity index (χ0v) is 9.93. The van der Waals surface area contributed by atoms with E-state index < -0.39 is 0 Å². The minimum atomic E-state index is 1.02. The summed E-state index contributed by atoms with van der Waals surface area (Å²) in [4.78, 5) is 6.53. The fourth-order valence-corrected chi connectivity index (χ4v) is 2.01. The molecule has 0 aliphatic carbocycles. The van der Waals surface area contributed by atoms with E-state index in [1.54, 1.807) is 0 Å². The molecule has 0 atom stereocenters. The highest BCUT2D eigenvalue weighted by Gasteiger charge is 2.05. The first-order valence-corrected chi connectivity index (χ1v) is 5.27. The Morgan fingerprint density at radius 2 is 2.23 bits per heavy atom. The first-order chi connectivity index (χ1) is 6.15. The lowest BCUT2D eigenvalue weighted by Gasteiger charge is -2.18. The predicted molar refractivity (Wildman–Crippen MR) is 60.2 cm³/mol. The number of anilines is 1. The van der Waals surface area contributed by atoms with Gasteiger partial charge in [0.2, 0.25) is 0 Å². The van der Waals surface area contributed by atoms with Gasteiger partial charge in [0.15, 0.2) is 0 Å². The van der Waals surface area contributed by atoms with Crippen molar-refractivity contribution >= 4 is 21.7 Å². The van der Waals surface area contributed by atoms with Crippen LogP contribution in [0, 0.1) is 6.92 Å². The summed E-state index contributed by atoms with van der Waals surface area (Å²) in [6.45, 7) is 5.24. The van der Waals surface area contributed by atoms with Crippen molar-refractivity contribution in [3.63, 3.8) is 0 Å². The average Bonchev–Trinajstić information content (AvgIpc) is 2.04. The van der Waals surface area contributed by atoms with Crippen molar-refractivity contribution in [2.24, 2.45) is 0 Å². The van der Waals surface area contributed by atoms with E-state index in [9.17, 15) is 0 Å². The maximum absolute atomic E-state index is 4.38. The van der Waals surface area contributed by atoms with Gasteiger partial charge in [-0.2, -0.15) is 0 Å². The van der Waals surface area contributed by atoms with Gasteiger partial charge in [-0.1, -0.05) is 6.92 Å². The minimum Gasteiger partial charge on any atom is -0.359 e. The number of nitrogens with zero attached hydrogens (tertiary/aromatic N) is 2. The molecule has 0 aromatic carbocycles. The number of halogens is 1. The number of pyridine rings is 1. The van der Waals surface area contributed by atoms with Crippen LogP contribution in [0.1, 0.15) is 18.9 Å². The molecule has 2 nitrogen and oxygen atoms in total. The number of hydrogen-bond acceptors (Lipinski definition) is 2. The van der Waals surface area contributed by atoms with Crippen LogP contribution in [0.15, 0.2) is 16.7 Å². The van der Waals surface area contributed by atoms with Gasteiger partial charge in [-0.25, -0.2) is 4.98 Å². The van der Waals surface area contributed by atoms with Gasteiger partial charge in [-0.15, -0.1) is 0 Å². The number of rotatable bonds is 3. The highest BCUT2D eigenvalue weighted by molar-refractivity contribution is 9.10. The Kier molecular flexibility index (Phi) is 3.72. The van der Waals surface area contributed by atoms with Gasteiger partial charge in [0.25, 0.3) is 0 Å². The maximum atomic E-state index is 4.38. The molecule has 0 aliphatic rings. The second-order valence-corrected chi connectivity index (χ2v) is 4.09. The van der Waals surface area contributed by atoms with Crippen molar-refractivity contribution in [3.8, 4) is 0 Å². The lowest BCUT2D eigenvalue weighted by molar-refractivity contribution is 0.834. The van der Waals surface area contributed by atoms with Crippen LogP contribution in [0.5, 0.6) is 0 Å². The van der Waals surface area contributed by atoms with E-state index in [1.807, 2.05) is 13.1 Å². The van der Waals surface area contributed by atoms with Gasteiger partial charge in [0, 0.05) is 19.8 Å². The van der Waals surface area contributed by atoms with Gasteiger partial charge in [0.05, 0.1) is 4.47 Å². The summed E-state index contributed by atoms with van der Waals surface area (Å²) in [6.07, 6.45) is 3.03. The normalized spacial score (nSPS) is 10.2. The summed E-state index contributed by atoms with van der Waals surface area (Å²) in [5, 5.41) is 0. The Labute approximate surface area is 88.1 Å². The Morgan fingerprint density at radius 1 is 1.54 bits per heavy atom. The van der Waals surface area contributed by atoms with E-state index in [0.29, 0.717) is 0 Å². The monoisotopic (exact) mass is 242 g/mol. The highest BCUT2D eigenvalue weighted by atomic mass is 79.9. The lowest BCUT2D eigenvalue weighted by atomic mass is 10.3. The fraction of sp³-hybridized carbons (Fsp3) is 0.500. The van der Waals surface area contributed by atoms with Crippen LogP contribution in [0.3, 0.4) is 0 Å². The predicted octanol–water partition coefficient (Wildman–Crippen LogP) is 3.00. The summed E-state index contributed by atoms with van der Waals surface area (Å²) >= 11 is 3.51. The standard InChI is InChI=1S/C10H15BrN2/c1-4-5-13(3)10-9(11)6-8(2)7-12-10/h6-7H,4-5H2,1-3H3. The van der Waals surface area contributed by atoms with E-state index in [4.69, 9.17) is 0 Å². The van der Waals surface area contributed by atoms with E-state index in [2.05, 4.69) is 45.9 Å². The molecule has 1 heterocycles. The molecule has 1 aromatic rings. The Balaban J connectivity index is 2.88. The van der Waals surface area contributed by atoms with Crippen molar-refractivity contribution in [2.75, 3.05) is 18.5 Å². The summed E-state index contributed by atoms with van der Waals surface area (Å²) < 4.78 is 1.07. The molecule has 0 N–H and O–H groups in total. The second kappa shape index (κ2) is 4.61. The van der Waals surface area contributed by atoms with Crippen LogP contribution in [0.2, 0.25) is 0 Å². The Hall–Kier alpha value is -0.570. The van der Waals surface area contributed by atoms with E-state index in [1.165, 1.54) is 5.56 Å². The topological polar surface area (TPSA) is 16.1 Å². The molecule has 0 fully saturated rings. The molecule has 13 heavy (non-hydrogen) atoms. The highest BCUT2D eigenvalue weighted by Crippen LogP contribution is 2.23. The van der Waals surface area contributed by atoms with Gasteiger partial charge in [0.1, 0.15) is 5.82 Å². The third-order valence-corrected chi connectivity index (χ3v) is 2.46. The molecule has 0 unspecified atom stereocenters. The Bertz CT molecular complexity index is 286. The van der Waals surface area contributed by atoms with Gasteiger partial charge < -0.3 is 4.90 Å². The van der Waals surface area contributed by atoms with Gasteiger partial charge in [-0.3, -0.25) is 0 Å². The van der Waals surface area contributed by atoms with Crippen LogP contribution >= 0.6 is 15.9 Å². The minimum absolute atomic E-state index is 1.02. The van der Waals surface area contributed by atoms with Crippen LogP contribution < -0.4 is 4.90 Å². The van der Waals surface area contributed by atoms with E-state index in [0.717, 1.165) is 23.3 Å². The number of aromatic nitrogens is 1. The SMILES string of the molecule is CCCN(C)c1ncc(C)cc1Br. The number of aryl methyl sites for hydroxylation is 1. The zero-order valence-electron chi connectivity index (χ0n) is 8.34. The van der Waals surface area contributed by atoms with Crippen molar-refractivity contribution in [2.45, 2.75) is 20.3 Å². The second-order valence-electron chi connectivity index (χ2n) is 3.24. The molecule has 1 rings (SSSR count). The lowest BCUT2D eigenvalue weighted by Crippen LogP contribution is -2.19. The van der Waals surface area contributed by atoms with Gasteiger partial charge in [-0.05, 0) is 40.9 Å². The van der Waals surface area contributed by atoms with Crippen molar-refractivity contribution in [1.82, 2.24) is 4.98 Å². The van der Waals surface area contributed by atoms with Crippen LogP contribution in [-0.2, 0) is 0 Å². The fourth-order valence-electron chi connectivity index (χ4n) is 1.25. The third-order valence-electron chi connectivity index (χ3n) is 1.88. The molecule has 0 aliphatic heterocycles. The van der Waals surface area contributed by atoms with Crippen molar-refractivity contribution < 1.29 is 0 Å². The largest absolute Gasteiger partial charge is 0.359 e. The molecular weight excluding hydrogens is 228 g/mol. The summed E-state index contributed by atoms with van der Waals surface area (Å²) in [5.74, 6) is 1.02. The van der Waals surface area contributed by atoms with E-state index >= 15 is 0 Å². The molecule has 3 heteroatoms. The van der Waals surface area contributed by atoms with Crippen LogP contribution in [0.4, 0.5) is 5.82 Å². The Morgan fingerprint density at radius 3 is 2.77 bits per heavy atom. The van der Waals surface area contributed by atoms with Gasteiger partial charge >= 0.3 is 0 Å². The summed E-state index contributed by atoms with van der Waals surface area (Å²) in [6, 6.07) is 2.09. The van der Waals surface area contributed by atoms with Crippen molar-refractivity contribution in [3.05, 3.63) is 22.3 Å². The molecule has 0 spiro atoms. The molecule has 0 saturated heterocycles. The molecule has 72 valence electrons. The molecular formula is C10H15BrN2. The van der Waals surface area contributed by atoms with Crippen molar-refractivity contribution in [1.29, 1.82) is 0 Å². The average molecular weight is 243 g/mol. The zero-order chi connectivity index (χ0) is 9.84. The molecule has 0 saturated carbocycles. The quantitative estimate of drug-likeness (QED) is 0.811. The van der Waals surface area contributed by atoms with Crippen LogP contribution in [0.25, 0.3) is 0 Å². The number of hydrogen-bond donors (Lipinski definition) is 0. The molecule has 0 radical (unpaired) electrons. The van der Waals surface area contributed by atoms with Crippen LogP contribution in [-0.4, -0.2) is 18.6 Å². The molecule has 0 amide bonds. The molecule has 0 bridgehead atoms. The first kappa shape index (κ1) is 10.5. The molecule has 1 aromatic heterocycles. The first-order valence-electron chi connectivity index (χ1n) is 4.48. The summed E-state index contributed by atoms with van der Waals surface area (Å²) in [5.41, 5.74) is 1.18. The third kappa shape index (κ3) is 2.69. The van der Waals surface area contributed by atoms with E-state index in [-0.39, 0.29) is 0 Å². The summed E-state index contributed by atoms with van der Waals surface area (Å²) in [7, 11) is 2.06. The maximum Gasteiger partial charge on any atom is 0.142 e. The smallest absolute Gasteiger partial charge is 0.142 e.